The molecule has 0 saturated carbocycles. The van der Waals surface area contributed by atoms with E-state index in [9.17, 15) is 14.9 Å². The van der Waals surface area contributed by atoms with Crippen molar-refractivity contribution in [1.82, 2.24) is 4.57 Å². The minimum Gasteiger partial charge on any atom is -0.494 e. The van der Waals surface area contributed by atoms with Gasteiger partial charge in [0.15, 0.2) is 5.57 Å². The van der Waals surface area contributed by atoms with Gasteiger partial charge < -0.3 is 10.5 Å². The monoisotopic (exact) mass is 391 g/mol. The van der Waals surface area contributed by atoms with Crippen molar-refractivity contribution in [3.63, 3.8) is 0 Å². The molecule has 28 heavy (non-hydrogen) atoms. The summed E-state index contributed by atoms with van der Waals surface area (Å²) < 4.78 is 7.36. The third-order valence-corrected chi connectivity index (χ3v) is 4.99. The lowest BCUT2D eigenvalue weighted by Gasteiger charge is -2.02. The molecular formula is C21H17N3O3S. The molecule has 0 radical (unpaired) electrons. The van der Waals surface area contributed by atoms with Gasteiger partial charge in [-0.1, -0.05) is 30.3 Å². The first-order valence-corrected chi connectivity index (χ1v) is 9.33. The van der Waals surface area contributed by atoms with Gasteiger partial charge in [-0.05, 0) is 42.8 Å². The van der Waals surface area contributed by atoms with Crippen LogP contribution in [0.2, 0.25) is 0 Å². The molecule has 6 nitrogen and oxygen atoms in total. The minimum absolute atomic E-state index is 0.211. The van der Waals surface area contributed by atoms with Crippen LogP contribution in [0, 0.1) is 11.3 Å². The average molecular weight is 391 g/mol. The van der Waals surface area contributed by atoms with Crippen molar-refractivity contribution in [3.8, 4) is 17.5 Å². The van der Waals surface area contributed by atoms with Gasteiger partial charge in [0.1, 0.15) is 16.5 Å². The highest BCUT2D eigenvalue weighted by Gasteiger charge is 2.14. The van der Waals surface area contributed by atoms with Gasteiger partial charge >= 0.3 is 0 Å². The molecule has 0 unspecified atom stereocenters. The predicted octanol–water partition coefficient (Wildman–Crippen LogP) is 1.29. The number of primary amides is 1. The van der Waals surface area contributed by atoms with Crippen molar-refractivity contribution < 1.29 is 9.53 Å². The topological polar surface area (TPSA) is 98.1 Å². The van der Waals surface area contributed by atoms with Crippen LogP contribution in [-0.2, 0) is 4.79 Å². The SMILES string of the molecule is CCOc1ccc(/C=c2/s/c(=C(\C#N)C(N)=O)n(-c3ccccc3)c2=O)cc1. The first-order chi connectivity index (χ1) is 13.5. The first-order valence-electron chi connectivity index (χ1n) is 8.51. The highest BCUT2D eigenvalue weighted by atomic mass is 32.1. The lowest BCUT2D eigenvalue weighted by atomic mass is 10.2. The Labute approximate surface area is 165 Å². The van der Waals surface area contributed by atoms with Gasteiger partial charge in [0.25, 0.3) is 11.5 Å². The molecule has 2 aromatic carbocycles. The van der Waals surface area contributed by atoms with Crippen LogP contribution in [0.15, 0.2) is 59.4 Å². The molecule has 3 rings (SSSR count). The largest absolute Gasteiger partial charge is 0.494 e. The number of carbonyl (C=O) groups is 1. The Morgan fingerprint density at radius 1 is 1.21 bits per heavy atom. The summed E-state index contributed by atoms with van der Waals surface area (Å²) in [5.74, 6) is -0.136. The zero-order valence-electron chi connectivity index (χ0n) is 15.1. The maximum Gasteiger partial charge on any atom is 0.273 e. The lowest BCUT2D eigenvalue weighted by Crippen LogP contribution is -2.32. The van der Waals surface area contributed by atoms with Crippen LogP contribution in [0.3, 0.4) is 0 Å². The van der Waals surface area contributed by atoms with Crippen LogP contribution >= 0.6 is 11.3 Å². The lowest BCUT2D eigenvalue weighted by molar-refractivity contribution is -0.112. The Morgan fingerprint density at radius 3 is 2.46 bits per heavy atom. The number of thiazole rings is 1. The molecule has 0 spiro atoms. The van der Waals surface area contributed by atoms with Crippen molar-refractivity contribution in [3.05, 3.63) is 79.7 Å². The molecule has 0 aliphatic carbocycles. The van der Waals surface area contributed by atoms with Crippen LogP contribution in [-0.4, -0.2) is 17.1 Å². The van der Waals surface area contributed by atoms with Crippen molar-refractivity contribution in [2.24, 2.45) is 5.73 Å². The number of nitriles is 1. The third kappa shape index (κ3) is 3.87. The van der Waals surface area contributed by atoms with E-state index in [1.54, 1.807) is 30.3 Å². The van der Waals surface area contributed by atoms with Gasteiger partial charge in [0.05, 0.1) is 16.8 Å². The van der Waals surface area contributed by atoms with E-state index in [0.29, 0.717) is 16.8 Å². The van der Waals surface area contributed by atoms with E-state index >= 15 is 0 Å². The quantitative estimate of drug-likeness (QED) is 0.708. The van der Waals surface area contributed by atoms with Gasteiger partial charge in [-0.3, -0.25) is 14.2 Å². The number of hydrogen-bond acceptors (Lipinski definition) is 5. The zero-order chi connectivity index (χ0) is 20.1. The molecule has 0 fully saturated rings. The summed E-state index contributed by atoms with van der Waals surface area (Å²) in [5, 5.41) is 9.37. The van der Waals surface area contributed by atoms with Crippen LogP contribution in [0.25, 0.3) is 17.3 Å². The number of amides is 1. The number of ether oxygens (including phenoxy) is 1. The smallest absolute Gasteiger partial charge is 0.273 e. The molecule has 1 aromatic heterocycles. The third-order valence-electron chi connectivity index (χ3n) is 3.90. The Balaban J connectivity index is 2.28. The van der Waals surface area contributed by atoms with E-state index in [1.165, 1.54) is 4.57 Å². The number of carbonyl (C=O) groups excluding carboxylic acids is 1. The second-order valence-electron chi connectivity index (χ2n) is 5.75. The first kappa shape index (κ1) is 19.1. The molecule has 0 atom stereocenters. The molecular weight excluding hydrogens is 374 g/mol. The fraction of sp³-hybridized carbons (Fsp3) is 0.0952. The standard InChI is InChI=1S/C21H17N3O3S/c1-2-27-16-10-8-14(9-11-16)12-18-20(26)24(15-6-4-3-5-7-15)21(28-18)17(13-22)19(23)25/h3-12H,2H2,1H3,(H2,23,25)/b18-12+,21-17+. The van der Waals surface area contributed by atoms with E-state index in [1.807, 2.05) is 43.3 Å². The molecule has 1 amide bonds. The number of nitrogens with zero attached hydrogens (tertiary/aromatic N) is 2. The number of hydrogen-bond donors (Lipinski definition) is 1. The van der Waals surface area contributed by atoms with Crippen LogP contribution < -0.4 is 25.2 Å². The summed E-state index contributed by atoms with van der Waals surface area (Å²) in [6.45, 7) is 2.47. The maximum absolute atomic E-state index is 13.0. The maximum atomic E-state index is 13.0. The van der Waals surface area contributed by atoms with Crippen molar-refractivity contribution in [2.45, 2.75) is 6.92 Å². The highest BCUT2D eigenvalue weighted by molar-refractivity contribution is 7.07. The summed E-state index contributed by atoms with van der Waals surface area (Å²) in [6, 6.07) is 17.9. The summed E-state index contributed by atoms with van der Waals surface area (Å²) in [6.07, 6.45) is 1.71. The van der Waals surface area contributed by atoms with Gasteiger partial charge in [-0.2, -0.15) is 5.26 Å². The summed E-state index contributed by atoms with van der Waals surface area (Å²) in [5.41, 5.74) is 6.13. The summed E-state index contributed by atoms with van der Waals surface area (Å²) in [4.78, 5) is 24.8. The van der Waals surface area contributed by atoms with Crippen molar-refractivity contribution >= 4 is 28.9 Å². The second-order valence-corrected chi connectivity index (χ2v) is 6.78. The van der Waals surface area contributed by atoms with E-state index in [-0.39, 0.29) is 15.8 Å². The Morgan fingerprint density at radius 2 is 1.89 bits per heavy atom. The molecule has 0 aliphatic heterocycles. The zero-order valence-corrected chi connectivity index (χ0v) is 15.9. The molecule has 0 aliphatic rings. The molecule has 7 heteroatoms. The predicted molar refractivity (Wildman–Crippen MR) is 109 cm³/mol. The molecule has 0 bridgehead atoms. The van der Waals surface area contributed by atoms with Crippen molar-refractivity contribution in [2.75, 3.05) is 6.61 Å². The number of rotatable bonds is 5. The van der Waals surface area contributed by atoms with Crippen LogP contribution in [0.1, 0.15) is 12.5 Å². The highest BCUT2D eigenvalue weighted by Crippen LogP contribution is 2.12. The average Bonchev–Trinajstić information content (AvgIpc) is 3.00. The molecule has 3 aromatic rings. The van der Waals surface area contributed by atoms with E-state index in [0.717, 1.165) is 22.6 Å². The van der Waals surface area contributed by atoms with E-state index in [4.69, 9.17) is 10.5 Å². The van der Waals surface area contributed by atoms with E-state index in [2.05, 4.69) is 0 Å². The van der Waals surface area contributed by atoms with Gasteiger partial charge in [0.2, 0.25) is 0 Å². The summed E-state index contributed by atoms with van der Waals surface area (Å²) >= 11 is 1.05. The number of para-hydroxylation sites is 1. The normalized spacial score (nSPS) is 12.4. The Kier molecular flexibility index (Phi) is 5.72. The molecule has 140 valence electrons. The van der Waals surface area contributed by atoms with Gasteiger partial charge in [0, 0.05) is 0 Å². The van der Waals surface area contributed by atoms with Crippen molar-refractivity contribution in [1.29, 1.82) is 5.26 Å². The number of benzene rings is 2. The van der Waals surface area contributed by atoms with Gasteiger partial charge in [-0.15, -0.1) is 11.3 Å². The summed E-state index contributed by atoms with van der Waals surface area (Å²) in [7, 11) is 0. The van der Waals surface area contributed by atoms with Crippen LogP contribution in [0.4, 0.5) is 0 Å². The second kappa shape index (κ2) is 8.37. The minimum atomic E-state index is -0.874. The van der Waals surface area contributed by atoms with E-state index < -0.39 is 5.91 Å². The van der Waals surface area contributed by atoms with Gasteiger partial charge in [-0.25, -0.2) is 0 Å². The Bertz CT molecular complexity index is 1220. The molecule has 1 heterocycles. The molecule has 0 saturated heterocycles. The Hall–Kier alpha value is -3.63. The fourth-order valence-corrected chi connectivity index (χ4v) is 3.76. The van der Waals surface area contributed by atoms with Crippen LogP contribution in [0.5, 0.6) is 5.75 Å². The fourth-order valence-electron chi connectivity index (χ4n) is 2.65. The number of aromatic nitrogens is 1. The number of nitrogens with two attached hydrogens (primary N) is 1. The molecule has 2 N–H and O–H groups in total.